The Hall–Kier alpha value is -0.0800. The summed E-state index contributed by atoms with van der Waals surface area (Å²) in [6, 6.07) is 0. The molecule has 2 heteroatoms. The van der Waals surface area contributed by atoms with Gasteiger partial charge in [-0.25, -0.2) is 0 Å². The van der Waals surface area contributed by atoms with Crippen LogP contribution in [0.1, 0.15) is 52.9 Å². The van der Waals surface area contributed by atoms with Crippen LogP contribution >= 0.6 is 0 Å². The van der Waals surface area contributed by atoms with Crippen LogP contribution in [0.4, 0.5) is 0 Å². The molecule has 0 spiro atoms. The summed E-state index contributed by atoms with van der Waals surface area (Å²) >= 11 is 0. The third kappa shape index (κ3) is 2.28. The molecule has 0 amide bonds. The van der Waals surface area contributed by atoms with Gasteiger partial charge >= 0.3 is 0 Å². The predicted molar refractivity (Wildman–Crippen MR) is 69.4 cm³/mol. The Morgan fingerprint density at radius 3 is 2.56 bits per heavy atom. The number of nitrogens with two attached hydrogens (primary N) is 1. The zero-order valence-electron chi connectivity index (χ0n) is 11.3. The van der Waals surface area contributed by atoms with Crippen molar-refractivity contribution < 1.29 is 0 Å². The van der Waals surface area contributed by atoms with Crippen molar-refractivity contribution in [3.05, 3.63) is 0 Å². The Balaban J connectivity index is 2.09. The highest BCUT2D eigenvalue weighted by Crippen LogP contribution is 2.42. The first-order valence-corrected chi connectivity index (χ1v) is 6.93. The minimum Gasteiger partial charge on any atom is -0.329 e. The summed E-state index contributed by atoms with van der Waals surface area (Å²) in [5.41, 5.74) is 6.95. The Bertz CT molecular complexity index is 249. The standard InChI is InChI=1S/C14H28N2/c1-12-5-7-14(9-12,10-15)16-8-4-6-13(2,3)11-16/h12H,4-11,15H2,1-3H3. The lowest BCUT2D eigenvalue weighted by atomic mass is 9.80. The van der Waals surface area contributed by atoms with Gasteiger partial charge in [0.05, 0.1) is 0 Å². The molecule has 2 rings (SSSR count). The van der Waals surface area contributed by atoms with Gasteiger partial charge in [0.25, 0.3) is 0 Å². The minimum absolute atomic E-state index is 0.344. The normalized spacial score (nSPS) is 40.1. The molecule has 0 aromatic carbocycles. The molecule has 1 saturated carbocycles. The Morgan fingerprint density at radius 1 is 1.31 bits per heavy atom. The molecule has 94 valence electrons. The van der Waals surface area contributed by atoms with Crippen molar-refractivity contribution in [3.8, 4) is 0 Å². The molecule has 0 aromatic heterocycles. The maximum atomic E-state index is 6.11. The van der Waals surface area contributed by atoms with Crippen LogP contribution < -0.4 is 5.73 Å². The van der Waals surface area contributed by atoms with Gasteiger partial charge in [-0.15, -0.1) is 0 Å². The zero-order valence-corrected chi connectivity index (χ0v) is 11.3. The predicted octanol–water partition coefficient (Wildman–Crippen LogP) is 2.63. The van der Waals surface area contributed by atoms with E-state index in [0.717, 1.165) is 12.5 Å². The van der Waals surface area contributed by atoms with Crippen LogP contribution in [0.25, 0.3) is 0 Å². The number of hydrogen-bond acceptors (Lipinski definition) is 2. The molecule has 0 radical (unpaired) electrons. The summed E-state index contributed by atoms with van der Waals surface area (Å²) in [5.74, 6) is 0.869. The maximum Gasteiger partial charge on any atom is 0.0334 e. The van der Waals surface area contributed by atoms with Crippen LogP contribution in [0.3, 0.4) is 0 Å². The van der Waals surface area contributed by atoms with E-state index in [9.17, 15) is 0 Å². The molecule has 0 aromatic rings. The molecule has 2 fully saturated rings. The summed E-state index contributed by atoms with van der Waals surface area (Å²) in [6.45, 7) is 10.6. The fourth-order valence-electron chi connectivity index (χ4n) is 3.80. The van der Waals surface area contributed by atoms with E-state index in [1.54, 1.807) is 0 Å². The van der Waals surface area contributed by atoms with Gasteiger partial charge in [-0.1, -0.05) is 20.8 Å². The smallest absolute Gasteiger partial charge is 0.0334 e. The van der Waals surface area contributed by atoms with Crippen LogP contribution in [0.15, 0.2) is 0 Å². The van der Waals surface area contributed by atoms with Gasteiger partial charge in [0.1, 0.15) is 0 Å². The third-order valence-electron chi connectivity index (χ3n) is 4.78. The molecule has 1 heterocycles. The number of rotatable bonds is 2. The minimum atomic E-state index is 0.344. The number of likely N-dealkylation sites (tertiary alicyclic amines) is 1. The van der Waals surface area contributed by atoms with E-state index in [4.69, 9.17) is 5.73 Å². The van der Waals surface area contributed by atoms with Crippen molar-refractivity contribution in [3.63, 3.8) is 0 Å². The van der Waals surface area contributed by atoms with Crippen molar-refractivity contribution in [1.29, 1.82) is 0 Å². The van der Waals surface area contributed by atoms with Gasteiger partial charge in [-0.05, 0) is 50.0 Å². The van der Waals surface area contributed by atoms with E-state index in [0.29, 0.717) is 11.0 Å². The molecular formula is C14H28N2. The molecule has 1 aliphatic heterocycles. The number of nitrogens with zero attached hydrogens (tertiary/aromatic N) is 1. The lowest BCUT2D eigenvalue weighted by Crippen LogP contribution is -2.57. The third-order valence-corrected chi connectivity index (χ3v) is 4.78. The van der Waals surface area contributed by atoms with Crippen LogP contribution in [-0.4, -0.2) is 30.1 Å². The SMILES string of the molecule is CC1CCC(CN)(N2CCCC(C)(C)C2)C1. The molecule has 16 heavy (non-hydrogen) atoms. The topological polar surface area (TPSA) is 29.3 Å². The first kappa shape index (κ1) is 12.4. The van der Waals surface area contributed by atoms with Gasteiger partial charge in [0.15, 0.2) is 0 Å². The van der Waals surface area contributed by atoms with E-state index in [1.807, 2.05) is 0 Å². The van der Waals surface area contributed by atoms with E-state index < -0.39 is 0 Å². The van der Waals surface area contributed by atoms with E-state index in [1.165, 1.54) is 45.2 Å². The van der Waals surface area contributed by atoms with Gasteiger partial charge < -0.3 is 5.73 Å². The number of hydrogen-bond donors (Lipinski definition) is 1. The second-order valence-corrected chi connectivity index (χ2v) is 6.97. The average Bonchev–Trinajstić information content (AvgIpc) is 2.60. The average molecular weight is 224 g/mol. The first-order valence-electron chi connectivity index (χ1n) is 6.93. The fourth-order valence-corrected chi connectivity index (χ4v) is 3.80. The van der Waals surface area contributed by atoms with Crippen LogP contribution in [0.5, 0.6) is 0 Å². The second kappa shape index (κ2) is 4.30. The highest BCUT2D eigenvalue weighted by Gasteiger charge is 2.43. The summed E-state index contributed by atoms with van der Waals surface area (Å²) < 4.78 is 0. The Kier molecular flexibility index (Phi) is 3.33. The first-order chi connectivity index (χ1) is 7.47. The Labute approximate surface area is 101 Å². The van der Waals surface area contributed by atoms with Crippen molar-refractivity contribution in [2.45, 2.75) is 58.4 Å². The molecule has 0 bridgehead atoms. The fraction of sp³-hybridized carbons (Fsp3) is 1.00. The number of piperidine rings is 1. The van der Waals surface area contributed by atoms with Gasteiger partial charge in [-0.2, -0.15) is 0 Å². The lowest BCUT2D eigenvalue weighted by molar-refractivity contribution is 0.0198. The van der Waals surface area contributed by atoms with E-state index in [-0.39, 0.29) is 0 Å². The van der Waals surface area contributed by atoms with Crippen molar-refractivity contribution in [1.82, 2.24) is 4.90 Å². The highest BCUT2D eigenvalue weighted by molar-refractivity contribution is 5.00. The highest BCUT2D eigenvalue weighted by atomic mass is 15.2. The summed E-state index contributed by atoms with van der Waals surface area (Å²) in [4.78, 5) is 2.72. The molecule has 1 saturated heterocycles. The van der Waals surface area contributed by atoms with Gasteiger partial charge in [-0.3, -0.25) is 4.90 Å². The van der Waals surface area contributed by atoms with Crippen molar-refractivity contribution in [2.75, 3.05) is 19.6 Å². The summed E-state index contributed by atoms with van der Waals surface area (Å²) in [6.07, 6.45) is 6.73. The van der Waals surface area contributed by atoms with Crippen molar-refractivity contribution >= 4 is 0 Å². The molecule has 2 nitrogen and oxygen atoms in total. The second-order valence-electron chi connectivity index (χ2n) is 6.97. The lowest BCUT2D eigenvalue weighted by Gasteiger charge is -2.48. The molecule has 2 atom stereocenters. The zero-order chi connectivity index (χ0) is 11.8. The van der Waals surface area contributed by atoms with Gasteiger partial charge in [0, 0.05) is 18.6 Å². The molecule has 2 unspecified atom stereocenters. The molecule has 1 aliphatic carbocycles. The monoisotopic (exact) mass is 224 g/mol. The quantitative estimate of drug-likeness (QED) is 0.781. The van der Waals surface area contributed by atoms with E-state index in [2.05, 4.69) is 25.7 Å². The molecule has 2 aliphatic rings. The van der Waals surface area contributed by atoms with E-state index >= 15 is 0 Å². The Morgan fingerprint density at radius 2 is 2.06 bits per heavy atom. The largest absolute Gasteiger partial charge is 0.329 e. The molecule has 2 N–H and O–H groups in total. The summed E-state index contributed by atoms with van der Waals surface area (Å²) in [5, 5.41) is 0. The maximum absolute atomic E-state index is 6.11. The van der Waals surface area contributed by atoms with Crippen LogP contribution in [0, 0.1) is 11.3 Å². The van der Waals surface area contributed by atoms with Crippen molar-refractivity contribution in [2.24, 2.45) is 17.1 Å². The van der Waals surface area contributed by atoms with Crippen LogP contribution in [-0.2, 0) is 0 Å². The summed E-state index contributed by atoms with van der Waals surface area (Å²) in [7, 11) is 0. The molecular weight excluding hydrogens is 196 g/mol. The van der Waals surface area contributed by atoms with Gasteiger partial charge in [0.2, 0.25) is 0 Å². The van der Waals surface area contributed by atoms with Crippen LogP contribution in [0.2, 0.25) is 0 Å².